The number of aryl methyl sites for hydroxylation is 2. The third-order valence-corrected chi connectivity index (χ3v) is 15.0. The van der Waals surface area contributed by atoms with Crippen LogP contribution in [-0.2, 0) is 59.3 Å². The van der Waals surface area contributed by atoms with Crippen LogP contribution in [0.1, 0.15) is 172 Å². The van der Waals surface area contributed by atoms with Crippen LogP contribution in [0.3, 0.4) is 0 Å². The standard InChI is InChI=1S/C59H94N14O9/c1-16-21-40-35-44(37-60)72(54(78)81-56(5,6)7)50(40)52(58(11,12)29-18-3)64-48(76)27-25-42-38-70(68-66-42)33-31-62-46(74)23-20-24-47(75)63-32-34-71-39-43(67-69-71)26-28-49(77)65-53(59(13,80-15)30-19-4)51-41(22-17-2)36-45(61-14)73(51)55(79)82-57(8,9)10/h16-17,21-22,38-41,44-45,50-53H,18-20,23-36H2,1-13,15H3,(H,62,74)(H,63,75)(H,64,76)(H,65,77)/b21-16-,22-17-/t40-,41-,44-,45-,50-,51-,52-,53-,59+/m1/s1. The van der Waals surface area contributed by atoms with Gasteiger partial charge in [0.05, 0.1) is 66.7 Å². The Kier molecular flexibility index (Phi) is 25.5. The Morgan fingerprint density at radius 3 is 1.61 bits per heavy atom. The van der Waals surface area contributed by atoms with Crippen molar-refractivity contribution in [2.75, 3.05) is 20.2 Å². The van der Waals surface area contributed by atoms with E-state index < -0.39 is 70.8 Å². The molecule has 2 fully saturated rings. The highest BCUT2D eigenvalue weighted by Gasteiger charge is 2.56. The molecule has 0 bridgehead atoms. The predicted molar refractivity (Wildman–Crippen MR) is 309 cm³/mol. The van der Waals surface area contributed by atoms with Crippen molar-refractivity contribution >= 4 is 35.8 Å². The third-order valence-electron chi connectivity index (χ3n) is 15.0. The van der Waals surface area contributed by atoms with Gasteiger partial charge in [-0.15, -0.1) is 10.2 Å². The summed E-state index contributed by atoms with van der Waals surface area (Å²) >= 11 is 0. The Morgan fingerprint density at radius 1 is 0.707 bits per heavy atom. The first-order chi connectivity index (χ1) is 38.7. The fourth-order valence-corrected chi connectivity index (χ4v) is 11.2. The molecule has 23 heteroatoms. The number of allylic oxidation sites excluding steroid dienone is 2. The molecule has 2 saturated heterocycles. The number of aromatic nitrogens is 6. The quantitative estimate of drug-likeness (QED) is 0.0457. The van der Waals surface area contributed by atoms with Crippen molar-refractivity contribution in [2.45, 2.75) is 240 Å². The van der Waals surface area contributed by atoms with Crippen molar-refractivity contribution in [3.8, 4) is 6.07 Å². The molecule has 6 amide bonds. The zero-order chi connectivity index (χ0) is 61.0. The highest BCUT2D eigenvalue weighted by atomic mass is 16.6. The Hall–Kier alpha value is -6.88. The van der Waals surface area contributed by atoms with Crippen molar-refractivity contribution in [1.82, 2.24) is 61.1 Å². The molecule has 9 atom stereocenters. The Morgan fingerprint density at radius 2 is 1.17 bits per heavy atom. The summed E-state index contributed by atoms with van der Waals surface area (Å²) < 4.78 is 20.9. The molecular weight excluding hydrogens is 1050 g/mol. The largest absolute Gasteiger partial charge is 0.444 e. The van der Waals surface area contributed by atoms with Gasteiger partial charge in [0.25, 0.3) is 0 Å². The molecule has 2 aromatic heterocycles. The molecule has 0 saturated carbocycles. The van der Waals surface area contributed by atoms with Crippen molar-refractivity contribution in [2.24, 2.45) is 17.3 Å². The highest BCUT2D eigenvalue weighted by molar-refractivity contribution is 5.79. The van der Waals surface area contributed by atoms with E-state index >= 15 is 0 Å². The number of ether oxygens (including phenoxy) is 3. The molecule has 0 aliphatic carbocycles. The summed E-state index contributed by atoms with van der Waals surface area (Å²) in [5.41, 5.74) is -1.73. The maximum Gasteiger partial charge on any atom is 0.416 e. The van der Waals surface area contributed by atoms with E-state index in [9.17, 15) is 34.0 Å². The molecule has 4 heterocycles. The summed E-state index contributed by atoms with van der Waals surface area (Å²) in [5, 5.41) is 39.2. The smallest absolute Gasteiger partial charge is 0.416 e. The van der Waals surface area contributed by atoms with Crippen LogP contribution in [-0.4, -0.2) is 149 Å². The van der Waals surface area contributed by atoms with Crippen LogP contribution in [0.15, 0.2) is 36.7 Å². The summed E-state index contributed by atoms with van der Waals surface area (Å²) in [4.78, 5) is 87.2. The molecule has 0 aromatic carbocycles. The molecule has 23 nitrogen and oxygen atoms in total. The van der Waals surface area contributed by atoms with Gasteiger partial charge in [-0.3, -0.25) is 38.3 Å². The highest BCUT2D eigenvalue weighted by Crippen LogP contribution is 2.42. The first kappa shape index (κ1) is 67.6. The van der Waals surface area contributed by atoms with Crippen LogP contribution in [0.5, 0.6) is 0 Å². The Labute approximate surface area is 486 Å². The van der Waals surface area contributed by atoms with Crippen LogP contribution in [0, 0.1) is 35.2 Å². The zero-order valence-electron chi connectivity index (χ0n) is 51.3. The van der Waals surface area contributed by atoms with Gasteiger partial charge in [0.15, 0.2) is 0 Å². The van der Waals surface area contributed by atoms with Crippen LogP contribution in [0.2, 0.25) is 0 Å². The topological polar surface area (TPSA) is 274 Å². The molecular formula is C59H94N14O9. The fourth-order valence-electron chi connectivity index (χ4n) is 11.2. The minimum Gasteiger partial charge on any atom is -0.444 e. The normalized spacial score (nSPS) is 20.9. The monoisotopic (exact) mass is 1140 g/mol. The van der Waals surface area contributed by atoms with Gasteiger partial charge in [0, 0.05) is 83.0 Å². The van der Waals surface area contributed by atoms with Crippen LogP contribution in [0.4, 0.5) is 9.59 Å². The molecule has 2 aliphatic rings. The molecule has 4 N–H and O–H groups in total. The lowest BCUT2D eigenvalue weighted by Crippen LogP contribution is -2.64. The lowest BCUT2D eigenvalue weighted by molar-refractivity contribution is -0.127. The summed E-state index contributed by atoms with van der Waals surface area (Å²) in [6, 6.07) is -0.717. The first-order valence-corrected chi connectivity index (χ1v) is 29.2. The summed E-state index contributed by atoms with van der Waals surface area (Å²) in [6.45, 7) is 33.9. The predicted octanol–water partition coefficient (Wildman–Crippen LogP) is 7.38. The molecule has 0 spiro atoms. The molecule has 2 aromatic rings. The zero-order valence-corrected chi connectivity index (χ0v) is 51.3. The lowest BCUT2D eigenvalue weighted by atomic mass is 9.73. The second-order valence-corrected chi connectivity index (χ2v) is 24.5. The third kappa shape index (κ3) is 19.9. The van der Waals surface area contributed by atoms with Crippen LogP contribution in [0.25, 0.3) is 4.85 Å². The number of hydrogen-bond acceptors (Lipinski definition) is 14. The van der Waals surface area contributed by atoms with Gasteiger partial charge in [0.2, 0.25) is 23.6 Å². The minimum atomic E-state index is -0.889. The fraction of sp³-hybridized carbons (Fsp3) is 0.729. The van der Waals surface area contributed by atoms with E-state index in [0.29, 0.717) is 56.6 Å². The second kappa shape index (κ2) is 31.0. The number of nitriles is 1. The van der Waals surface area contributed by atoms with Gasteiger partial charge in [-0.05, 0) is 93.4 Å². The van der Waals surface area contributed by atoms with Crippen molar-refractivity contribution in [1.29, 1.82) is 5.26 Å². The SMILES string of the molecule is [C-]#[N+][C@H]1C[C@@H](/C=C\C)[C@H]([C@@H](NC(=O)CCc2cn(CCNC(=O)CCCC(=O)NCCn3cc(CCC(=O)N[C@H]([C@H]4[C@H](/C=C\C)C[C@H](C#N)N4C(=O)OC(C)(C)C)C(C)(C)CCC)nn3)nn2)[C@](C)(CCC)OC)N1C(=O)OC(C)(C)C. The van der Waals surface area contributed by atoms with Crippen molar-refractivity contribution in [3.05, 3.63) is 59.5 Å². The number of methoxy groups -OCH3 is 1. The lowest BCUT2D eigenvalue weighted by Gasteiger charge is -2.44. The van der Waals surface area contributed by atoms with Gasteiger partial charge < -0.3 is 35.5 Å². The number of carbonyl (C=O) groups excluding carboxylic acids is 6. The van der Waals surface area contributed by atoms with Gasteiger partial charge in [-0.1, -0.05) is 75.3 Å². The molecule has 0 radical (unpaired) electrons. The van der Waals surface area contributed by atoms with E-state index in [1.807, 2.05) is 52.0 Å². The maximum atomic E-state index is 13.8. The number of hydrogen-bond donors (Lipinski definition) is 4. The Bertz CT molecular complexity index is 2580. The van der Waals surface area contributed by atoms with Crippen LogP contribution >= 0.6 is 0 Å². The molecule has 454 valence electrons. The molecule has 2 aliphatic heterocycles. The average molecular weight is 1140 g/mol. The van der Waals surface area contributed by atoms with E-state index in [1.165, 1.54) is 9.80 Å². The van der Waals surface area contributed by atoms with Crippen molar-refractivity contribution in [3.63, 3.8) is 0 Å². The van der Waals surface area contributed by atoms with Gasteiger partial charge in [-0.2, -0.15) is 5.26 Å². The molecule has 82 heavy (non-hydrogen) atoms. The van der Waals surface area contributed by atoms with Gasteiger partial charge >= 0.3 is 18.4 Å². The Balaban J connectivity index is 1.21. The van der Waals surface area contributed by atoms with E-state index in [0.717, 1.165) is 19.3 Å². The van der Waals surface area contributed by atoms with Crippen molar-refractivity contribution < 1.29 is 43.0 Å². The maximum absolute atomic E-state index is 13.8. The number of carbonyl (C=O) groups is 6. The summed E-state index contributed by atoms with van der Waals surface area (Å²) in [7, 11) is 1.59. The molecule has 4 rings (SSSR count). The second-order valence-electron chi connectivity index (χ2n) is 24.5. The van der Waals surface area contributed by atoms with Crippen LogP contribution < -0.4 is 21.3 Å². The molecule has 0 unspecified atom stereocenters. The average Bonchev–Trinajstić information content (AvgIpc) is 4.23. The number of likely N-dealkylation sites (tertiary alicyclic amines) is 2. The van der Waals surface area contributed by atoms with Gasteiger partial charge in [-0.25, -0.2) is 21.1 Å². The minimum absolute atomic E-state index is 0.0699. The van der Waals surface area contributed by atoms with Gasteiger partial charge in [0.1, 0.15) is 17.2 Å². The first-order valence-electron chi connectivity index (χ1n) is 29.2. The number of nitrogens with one attached hydrogen (secondary N) is 4. The number of amides is 6. The van der Waals surface area contributed by atoms with E-state index in [4.69, 9.17) is 20.8 Å². The summed E-state index contributed by atoms with van der Waals surface area (Å²) in [5.74, 6) is -1.35. The summed E-state index contributed by atoms with van der Waals surface area (Å²) in [6.07, 6.45) is 14.4. The van der Waals surface area contributed by atoms with E-state index in [2.05, 4.69) is 73.6 Å². The number of rotatable bonds is 29. The van der Waals surface area contributed by atoms with E-state index in [-0.39, 0.29) is 80.7 Å². The van der Waals surface area contributed by atoms with E-state index in [1.54, 1.807) is 70.4 Å². The number of nitrogens with zero attached hydrogens (tertiary/aromatic N) is 10.